The molecule has 0 aliphatic heterocycles. The van der Waals surface area contributed by atoms with Gasteiger partial charge in [0.15, 0.2) is 11.5 Å². The summed E-state index contributed by atoms with van der Waals surface area (Å²) in [6.45, 7) is 0.419. The van der Waals surface area contributed by atoms with Gasteiger partial charge in [0.05, 0.1) is 4.90 Å². The molecule has 2 aromatic carbocycles. The van der Waals surface area contributed by atoms with E-state index in [4.69, 9.17) is 5.14 Å². The van der Waals surface area contributed by atoms with Crippen LogP contribution in [0.15, 0.2) is 47.4 Å². The zero-order valence-electron chi connectivity index (χ0n) is 10.4. The summed E-state index contributed by atoms with van der Waals surface area (Å²) in [5.41, 5.74) is 1.49. The molecule has 0 amide bonds. The van der Waals surface area contributed by atoms with Gasteiger partial charge in [-0.25, -0.2) is 13.6 Å². The number of phenols is 2. The molecule has 0 bridgehead atoms. The minimum Gasteiger partial charge on any atom is -0.504 e. The van der Waals surface area contributed by atoms with Crippen molar-refractivity contribution in [3.63, 3.8) is 0 Å². The first-order valence-electron chi connectivity index (χ1n) is 5.74. The number of hydrogen-bond donors (Lipinski definition) is 4. The van der Waals surface area contributed by atoms with Gasteiger partial charge in [-0.15, -0.1) is 0 Å². The number of rotatable bonds is 4. The molecular weight excluding hydrogens is 280 g/mol. The first kappa shape index (κ1) is 14.2. The van der Waals surface area contributed by atoms with Gasteiger partial charge in [0.25, 0.3) is 0 Å². The molecule has 0 atom stereocenters. The third-order valence-electron chi connectivity index (χ3n) is 2.72. The smallest absolute Gasteiger partial charge is 0.238 e. The van der Waals surface area contributed by atoms with E-state index in [0.717, 1.165) is 5.56 Å². The predicted molar refractivity (Wildman–Crippen MR) is 74.9 cm³/mol. The normalized spacial score (nSPS) is 11.2. The molecule has 2 aromatic rings. The number of aromatic hydroxyl groups is 2. The fraction of sp³-hybridized carbons (Fsp3) is 0.0769. The highest BCUT2D eigenvalue weighted by atomic mass is 32.2. The maximum absolute atomic E-state index is 11.1. The molecule has 20 heavy (non-hydrogen) atoms. The van der Waals surface area contributed by atoms with Gasteiger partial charge in [-0.3, -0.25) is 0 Å². The van der Waals surface area contributed by atoms with E-state index in [9.17, 15) is 18.6 Å². The average molecular weight is 294 g/mol. The summed E-state index contributed by atoms with van der Waals surface area (Å²) in [5.74, 6) is -0.361. The molecule has 0 aliphatic carbocycles. The molecule has 0 spiro atoms. The Morgan fingerprint density at radius 3 is 2.20 bits per heavy atom. The number of anilines is 1. The van der Waals surface area contributed by atoms with Crippen LogP contribution in [0.1, 0.15) is 5.56 Å². The van der Waals surface area contributed by atoms with E-state index in [-0.39, 0.29) is 16.4 Å². The van der Waals surface area contributed by atoms with Crippen LogP contribution in [0.4, 0.5) is 5.69 Å². The van der Waals surface area contributed by atoms with Crippen molar-refractivity contribution in [3.05, 3.63) is 48.0 Å². The number of sulfonamides is 1. The number of benzene rings is 2. The Morgan fingerprint density at radius 1 is 1.00 bits per heavy atom. The third-order valence-corrected chi connectivity index (χ3v) is 3.65. The molecule has 106 valence electrons. The highest BCUT2D eigenvalue weighted by molar-refractivity contribution is 7.89. The lowest BCUT2D eigenvalue weighted by Crippen LogP contribution is -2.12. The first-order chi connectivity index (χ1) is 9.36. The number of hydrogen-bond acceptors (Lipinski definition) is 5. The SMILES string of the molecule is NS(=O)(=O)c1ccc(NCc2ccc(O)c(O)c2)cc1. The second-order valence-electron chi connectivity index (χ2n) is 4.25. The third kappa shape index (κ3) is 3.40. The Labute approximate surface area is 116 Å². The van der Waals surface area contributed by atoms with Crippen molar-refractivity contribution in [1.29, 1.82) is 0 Å². The molecule has 0 unspecified atom stereocenters. The van der Waals surface area contributed by atoms with E-state index in [2.05, 4.69) is 5.32 Å². The summed E-state index contributed by atoms with van der Waals surface area (Å²) < 4.78 is 22.2. The topological polar surface area (TPSA) is 113 Å². The molecule has 0 saturated carbocycles. The summed E-state index contributed by atoms with van der Waals surface area (Å²) in [6.07, 6.45) is 0. The van der Waals surface area contributed by atoms with Crippen LogP contribution >= 0.6 is 0 Å². The van der Waals surface area contributed by atoms with Crippen molar-refractivity contribution in [3.8, 4) is 11.5 Å². The Kier molecular flexibility index (Phi) is 3.82. The van der Waals surface area contributed by atoms with E-state index in [1.165, 1.54) is 24.3 Å². The van der Waals surface area contributed by atoms with Gasteiger partial charge >= 0.3 is 0 Å². The summed E-state index contributed by atoms with van der Waals surface area (Å²) >= 11 is 0. The van der Waals surface area contributed by atoms with E-state index in [1.54, 1.807) is 18.2 Å². The van der Waals surface area contributed by atoms with Crippen molar-refractivity contribution >= 4 is 15.7 Å². The summed E-state index contributed by atoms with van der Waals surface area (Å²) in [6, 6.07) is 10.5. The first-order valence-corrected chi connectivity index (χ1v) is 7.28. The molecule has 7 heteroatoms. The molecule has 0 saturated heterocycles. The van der Waals surface area contributed by atoms with Gasteiger partial charge in [-0.1, -0.05) is 6.07 Å². The van der Waals surface area contributed by atoms with Crippen LogP contribution in [0.25, 0.3) is 0 Å². The molecule has 0 radical (unpaired) electrons. The van der Waals surface area contributed by atoms with Gasteiger partial charge in [-0.05, 0) is 42.0 Å². The molecular formula is C13H14N2O4S. The number of nitrogens with two attached hydrogens (primary N) is 1. The summed E-state index contributed by atoms with van der Waals surface area (Å²) in [5, 5.41) is 26.6. The second kappa shape index (κ2) is 5.40. The van der Waals surface area contributed by atoms with E-state index in [1.807, 2.05) is 0 Å². The molecule has 2 rings (SSSR count). The zero-order chi connectivity index (χ0) is 14.8. The Bertz CT molecular complexity index is 712. The molecule has 5 N–H and O–H groups in total. The molecule has 0 aromatic heterocycles. The lowest BCUT2D eigenvalue weighted by atomic mass is 10.2. The van der Waals surface area contributed by atoms with Gasteiger partial charge in [0.1, 0.15) is 0 Å². The molecule has 0 aliphatic rings. The van der Waals surface area contributed by atoms with Crippen molar-refractivity contribution in [1.82, 2.24) is 0 Å². The van der Waals surface area contributed by atoms with Gasteiger partial charge in [-0.2, -0.15) is 0 Å². The summed E-state index contributed by atoms with van der Waals surface area (Å²) in [7, 11) is -3.69. The Hall–Kier alpha value is -2.25. The maximum Gasteiger partial charge on any atom is 0.238 e. The monoisotopic (exact) mass is 294 g/mol. The van der Waals surface area contributed by atoms with Crippen LogP contribution in [0, 0.1) is 0 Å². The van der Waals surface area contributed by atoms with E-state index >= 15 is 0 Å². The minimum atomic E-state index is -3.69. The van der Waals surface area contributed by atoms with Crippen molar-refractivity contribution < 1.29 is 18.6 Å². The van der Waals surface area contributed by atoms with Crippen LogP contribution in [0.5, 0.6) is 11.5 Å². The highest BCUT2D eigenvalue weighted by Gasteiger charge is 2.06. The highest BCUT2D eigenvalue weighted by Crippen LogP contribution is 2.25. The number of nitrogens with one attached hydrogen (secondary N) is 1. The fourth-order valence-electron chi connectivity index (χ4n) is 1.65. The van der Waals surface area contributed by atoms with Crippen LogP contribution in [0.3, 0.4) is 0 Å². The fourth-order valence-corrected chi connectivity index (χ4v) is 2.16. The van der Waals surface area contributed by atoms with Gasteiger partial charge in [0, 0.05) is 12.2 Å². The van der Waals surface area contributed by atoms with Crippen molar-refractivity contribution in [2.24, 2.45) is 5.14 Å². The lowest BCUT2D eigenvalue weighted by molar-refractivity contribution is 0.403. The predicted octanol–water partition coefficient (Wildman–Crippen LogP) is 1.36. The molecule has 0 fully saturated rings. The van der Waals surface area contributed by atoms with Gasteiger partial charge < -0.3 is 15.5 Å². The molecule has 6 nitrogen and oxygen atoms in total. The van der Waals surface area contributed by atoms with Gasteiger partial charge in [0.2, 0.25) is 10.0 Å². The number of phenolic OH excluding ortho intramolecular Hbond substituents is 2. The van der Waals surface area contributed by atoms with Crippen LogP contribution < -0.4 is 10.5 Å². The van der Waals surface area contributed by atoms with Crippen LogP contribution in [-0.2, 0) is 16.6 Å². The average Bonchev–Trinajstić information content (AvgIpc) is 2.40. The largest absolute Gasteiger partial charge is 0.504 e. The number of primary sulfonamides is 1. The minimum absolute atomic E-state index is 0.0466. The van der Waals surface area contributed by atoms with E-state index < -0.39 is 10.0 Å². The van der Waals surface area contributed by atoms with Crippen molar-refractivity contribution in [2.75, 3.05) is 5.32 Å². The lowest BCUT2D eigenvalue weighted by Gasteiger charge is -2.08. The van der Waals surface area contributed by atoms with E-state index in [0.29, 0.717) is 12.2 Å². The summed E-state index contributed by atoms with van der Waals surface area (Å²) in [4.78, 5) is 0.0466. The second-order valence-corrected chi connectivity index (χ2v) is 5.81. The Balaban J connectivity index is 2.06. The van der Waals surface area contributed by atoms with Crippen LogP contribution in [0.2, 0.25) is 0 Å². The maximum atomic E-state index is 11.1. The zero-order valence-corrected chi connectivity index (χ0v) is 11.3. The van der Waals surface area contributed by atoms with Crippen LogP contribution in [-0.4, -0.2) is 18.6 Å². The Morgan fingerprint density at radius 2 is 1.65 bits per heavy atom. The molecule has 0 heterocycles. The quantitative estimate of drug-likeness (QED) is 0.636. The van der Waals surface area contributed by atoms with Crippen molar-refractivity contribution in [2.45, 2.75) is 11.4 Å². The standard InChI is InChI=1S/C13H14N2O4S/c14-20(18,19)11-4-2-10(3-5-11)15-8-9-1-6-12(16)13(17)7-9/h1-7,15-17H,8H2,(H2,14,18,19).